The lowest BCUT2D eigenvalue weighted by Gasteiger charge is -2.07. The van der Waals surface area contributed by atoms with Crippen molar-refractivity contribution in [2.45, 2.75) is 6.42 Å². The van der Waals surface area contributed by atoms with E-state index in [-0.39, 0.29) is 17.9 Å². The summed E-state index contributed by atoms with van der Waals surface area (Å²) in [7, 11) is 0. The van der Waals surface area contributed by atoms with Gasteiger partial charge in [0.25, 0.3) is 5.91 Å². The molecule has 2 N–H and O–H groups in total. The van der Waals surface area contributed by atoms with Gasteiger partial charge in [-0.25, -0.2) is 4.39 Å². The molecule has 4 nitrogen and oxygen atoms in total. The van der Waals surface area contributed by atoms with Crippen molar-refractivity contribution >= 4 is 27.7 Å². The third-order valence-electron chi connectivity index (χ3n) is 2.70. The second-order valence-electron chi connectivity index (χ2n) is 4.31. The highest BCUT2D eigenvalue weighted by molar-refractivity contribution is 9.10. The van der Waals surface area contributed by atoms with E-state index in [4.69, 9.17) is 0 Å². The van der Waals surface area contributed by atoms with E-state index in [1.807, 2.05) is 24.3 Å². The molecule has 2 rings (SSSR count). The van der Waals surface area contributed by atoms with Gasteiger partial charge in [-0.3, -0.25) is 20.4 Å². The van der Waals surface area contributed by atoms with Gasteiger partial charge in [0.1, 0.15) is 5.82 Å². The van der Waals surface area contributed by atoms with E-state index in [0.29, 0.717) is 0 Å². The molecule has 0 heterocycles. The maximum absolute atomic E-state index is 12.7. The first-order valence-corrected chi connectivity index (χ1v) is 6.93. The predicted molar refractivity (Wildman–Crippen MR) is 79.9 cm³/mol. The van der Waals surface area contributed by atoms with Crippen LogP contribution in [0.25, 0.3) is 0 Å². The molecule has 0 aliphatic heterocycles. The Morgan fingerprint density at radius 2 is 1.57 bits per heavy atom. The summed E-state index contributed by atoms with van der Waals surface area (Å²) in [6, 6.07) is 12.3. The highest BCUT2D eigenvalue weighted by Crippen LogP contribution is 2.10. The van der Waals surface area contributed by atoms with Crippen LogP contribution in [0.1, 0.15) is 15.9 Å². The van der Waals surface area contributed by atoms with Crippen molar-refractivity contribution in [3.63, 3.8) is 0 Å². The maximum Gasteiger partial charge on any atom is 0.269 e. The predicted octanol–water partition coefficient (Wildman–Crippen LogP) is 2.59. The van der Waals surface area contributed by atoms with Gasteiger partial charge in [0.2, 0.25) is 5.91 Å². The van der Waals surface area contributed by atoms with Crippen LogP contribution in [0.5, 0.6) is 0 Å². The van der Waals surface area contributed by atoms with E-state index in [1.54, 1.807) is 0 Å². The van der Waals surface area contributed by atoms with Crippen LogP contribution in [0.2, 0.25) is 0 Å². The molecule has 21 heavy (non-hydrogen) atoms. The van der Waals surface area contributed by atoms with Gasteiger partial charge >= 0.3 is 0 Å². The zero-order chi connectivity index (χ0) is 15.2. The van der Waals surface area contributed by atoms with Crippen LogP contribution in [-0.4, -0.2) is 11.8 Å². The van der Waals surface area contributed by atoms with Crippen molar-refractivity contribution in [3.05, 3.63) is 69.9 Å². The number of amides is 2. The Morgan fingerprint density at radius 3 is 2.19 bits per heavy atom. The number of rotatable bonds is 3. The number of nitrogens with one attached hydrogen (secondary N) is 2. The normalized spacial score (nSPS) is 10.0. The first-order valence-electron chi connectivity index (χ1n) is 6.14. The Hall–Kier alpha value is -2.21. The van der Waals surface area contributed by atoms with E-state index >= 15 is 0 Å². The summed E-state index contributed by atoms with van der Waals surface area (Å²) in [4.78, 5) is 23.4. The van der Waals surface area contributed by atoms with Gasteiger partial charge < -0.3 is 0 Å². The standard InChI is InChI=1S/C15H12BrFN2O2/c16-12-5-1-10(2-6-12)9-14(20)18-19-15(21)11-3-7-13(17)8-4-11/h1-8H,9H2,(H,18,20)(H,19,21). The van der Waals surface area contributed by atoms with E-state index in [2.05, 4.69) is 26.8 Å². The fourth-order valence-electron chi connectivity index (χ4n) is 1.63. The number of halogens is 2. The number of carbonyl (C=O) groups is 2. The average Bonchev–Trinajstić information content (AvgIpc) is 2.48. The van der Waals surface area contributed by atoms with Crippen LogP contribution in [0.15, 0.2) is 53.0 Å². The Balaban J connectivity index is 1.84. The molecule has 0 spiro atoms. The summed E-state index contributed by atoms with van der Waals surface area (Å²) in [6.45, 7) is 0. The first-order chi connectivity index (χ1) is 10.0. The van der Waals surface area contributed by atoms with Crippen LogP contribution >= 0.6 is 15.9 Å². The summed E-state index contributed by atoms with van der Waals surface area (Å²) in [5.41, 5.74) is 5.68. The molecule has 0 bridgehead atoms. The second-order valence-corrected chi connectivity index (χ2v) is 5.23. The van der Waals surface area contributed by atoms with Gasteiger partial charge in [-0.05, 0) is 42.0 Å². The van der Waals surface area contributed by atoms with Crippen molar-refractivity contribution in [1.82, 2.24) is 10.9 Å². The van der Waals surface area contributed by atoms with Crippen LogP contribution in [0.3, 0.4) is 0 Å². The van der Waals surface area contributed by atoms with Crippen molar-refractivity contribution in [2.24, 2.45) is 0 Å². The molecule has 0 aromatic heterocycles. The minimum Gasteiger partial charge on any atom is -0.273 e. The Kier molecular flexibility index (Phi) is 5.05. The molecule has 2 amide bonds. The molecule has 0 saturated heterocycles. The largest absolute Gasteiger partial charge is 0.273 e. The van der Waals surface area contributed by atoms with Gasteiger partial charge in [0.15, 0.2) is 0 Å². The highest BCUT2D eigenvalue weighted by Gasteiger charge is 2.08. The Bertz CT molecular complexity index is 642. The molecule has 0 radical (unpaired) electrons. The molecular formula is C15H12BrFN2O2. The number of hydrazine groups is 1. The van der Waals surface area contributed by atoms with Crippen LogP contribution in [-0.2, 0) is 11.2 Å². The molecular weight excluding hydrogens is 339 g/mol. The van der Waals surface area contributed by atoms with Gasteiger partial charge in [-0.15, -0.1) is 0 Å². The highest BCUT2D eigenvalue weighted by atomic mass is 79.9. The zero-order valence-corrected chi connectivity index (χ0v) is 12.5. The molecule has 6 heteroatoms. The summed E-state index contributed by atoms with van der Waals surface area (Å²) in [6.07, 6.45) is 0.150. The lowest BCUT2D eigenvalue weighted by atomic mass is 10.1. The molecule has 108 valence electrons. The summed E-state index contributed by atoms with van der Waals surface area (Å²) < 4.78 is 13.7. The molecule has 0 aliphatic carbocycles. The summed E-state index contributed by atoms with van der Waals surface area (Å²) in [5, 5.41) is 0. The van der Waals surface area contributed by atoms with Crippen LogP contribution in [0.4, 0.5) is 4.39 Å². The number of hydrogen-bond donors (Lipinski definition) is 2. The third-order valence-corrected chi connectivity index (χ3v) is 3.23. The van der Waals surface area contributed by atoms with Gasteiger partial charge in [-0.1, -0.05) is 28.1 Å². The average molecular weight is 351 g/mol. The van der Waals surface area contributed by atoms with E-state index < -0.39 is 11.7 Å². The van der Waals surface area contributed by atoms with Gasteiger partial charge in [0.05, 0.1) is 6.42 Å². The Morgan fingerprint density at radius 1 is 0.952 bits per heavy atom. The molecule has 0 atom stereocenters. The lowest BCUT2D eigenvalue weighted by molar-refractivity contribution is -0.121. The molecule has 0 unspecified atom stereocenters. The first kappa shape index (κ1) is 15.2. The monoisotopic (exact) mass is 350 g/mol. The van der Waals surface area contributed by atoms with E-state index in [9.17, 15) is 14.0 Å². The number of benzene rings is 2. The SMILES string of the molecule is O=C(Cc1ccc(Br)cc1)NNC(=O)c1ccc(F)cc1. The Labute approximate surface area is 129 Å². The fourth-order valence-corrected chi connectivity index (χ4v) is 1.90. The molecule has 0 fully saturated rings. The molecule has 0 aliphatic rings. The van der Waals surface area contributed by atoms with Crippen LogP contribution < -0.4 is 10.9 Å². The van der Waals surface area contributed by atoms with Crippen molar-refractivity contribution in [2.75, 3.05) is 0 Å². The van der Waals surface area contributed by atoms with Gasteiger partial charge in [-0.2, -0.15) is 0 Å². The maximum atomic E-state index is 12.7. The van der Waals surface area contributed by atoms with Crippen molar-refractivity contribution in [1.29, 1.82) is 0 Å². The van der Waals surface area contributed by atoms with E-state index in [0.717, 1.165) is 10.0 Å². The summed E-state index contributed by atoms with van der Waals surface area (Å²) >= 11 is 3.31. The minimum atomic E-state index is -0.501. The molecule has 2 aromatic carbocycles. The van der Waals surface area contributed by atoms with Crippen molar-refractivity contribution < 1.29 is 14.0 Å². The second kappa shape index (κ2) is 6.99. The van der Waals surface area contributed by atoms with E-state index in [1.165, 1.54) is 24.3 Å². The molecule has 2 aromatic rings. The van der Waals surface area contributed by atoms with Crippen molar-refractivity contribution in [3.8, 4) is 0 Å². The third kappa shape index (κ3) is 4.68. The minimum absolute atomic E-state index is 0.150. The number of carbonyl (C=O) groups excluding carboxylic acids is 2. The smallest absolute Gasteiger partial charge is 0.269 e. The number of hydrogen-bond acceptors (Lipinski definition) is 2. The zero-order valence-electron chi connectivity index (χ0n) is 10.9. The fraction of sp³-hybridized carbons (Fsp3) is 0.0667. The van der Waals surface area contributed by atoms with Gasteiger partial charge in [0, 0.05) is 10.0 Å². The topological polar surface area (TPSA) is 58.2 Å². The summed E-state index contributed by atoms with van der Waals surface area (Å²) in [5.74, 6) is -1.27. The molecule has 0 saturated carbocycles. The lowest BCUT2D eigenvalue weighted by Crippen LogP contribution is -2.42. The quantitative estimate of drug-likeness (QED) is 0.836. The van der Waals surface area contributed by atoms with Crippen LogP contribution in [0, 0.1) is 5.82 Å².